The van der Waals surface area contributed by atoms with Crippen molar-refractivity contribution in [3.8, 4) is 11.5 Å². The van der Waals surface area contributed by atoms with Gasteiger partial charge in [-0.15, -0.1) is 0 Å². The molecule has 2 aliphatic rings. The topological polar surface area (TPSA) is 105 Å². The number of carbonyl (C=O) groups excluding carboxylic acids is 2. The molecule has 1 heterocycles. The van der Waals surface area contributed by atoms with Crippen molar-refractivity contribution >= 4 is 43.5 Å². The summed E-state index contributed by atoms with van der Waals surface area (Å²) in [5.74, 6) is 0.00853. The minimum absolute atomic E-state index is 0.0452. The molecule has 2 amide bonds. The van der Waals surface area contributed by atoms with Crippen LogP contribution in [0.1, 0.15) is 50.2 Å². The lowest BCUT2D eigenvalue weighted by atomic mass is 9.94. The third-order valence-corrected chi connectivity index (χ3v) is 10.6. The number of hydrogen-bond donors (Lipinski definition) is 1. The number of sulfonamides is 1. The van der Waals surface area contributed by atoms with E-state index in [0.717, 1.165) is 52.0 Å². The number of benzene rings is 3. The number of nitrogens with zero attached hydrogens (tertiary/aromatic N) is 2. The Hall–Kier alpha value is -3.57. The number of rotatable bonds is 12. The van der Waals surface area contributed by atoms with Crippen molar-refractivity contribution in [2.45, 2.75) is 64.1 Å². The predicted octanol–water partition coefficient (Wildman–Crippen LogP) is 5.47. The van der Waals surface area contributed by atoms with Crippen LogP contribution in [-0.2, 0) is 32.6 Å². The zero-order valence-electron chi connectivity index (χ0n) is 25.5. The summed E-state index contributed by atoms with van der Waals surface area (Å²) in [6.07, 6.45) is 5.33. The second-order valence-electron chi connectivity index (χ2n) is 11.4. The Morgan fingerprint density at radius 3 is 2.29 bits per heavy atom. The normalized spacial score (nSPS) is 15.6. The second-order valence-corrected chi connectivity index (χ2v) is 14.5. The maximum Gasteiger partial charge on any atom is 0.244 e. The smallest absolute Gasteiger partial charge is 0.244 e. The molecule has 3 aromatic rings. The maximum absolute atomic E-state index is 14.5. The molecule has 1 aliphatic heterocycles. The highest BCUT2D eigenvalue weighted by atomic mass is 79.9. The van der Waals surface area contributed by atoms with Crippen molar-refractivity contribution in [2.75, 3.05) is 29.8 Å². The van der Waals surface area contributed by atoms with E-state index in [1.165, 1.54) is 4.90 Å². The van der Waals surface area contributed by atoms with Gasteiger partial charge >= 0.3 is 0 Å². The van der Waals surface area contributed by atoms with E-state index in [1.807, 2.05) is 54.6 Å². The summed E-state index contributed by atoms with van der Waals surface area (Å²) >= 11 is 3.47. The zero-order chi connectivity index (χ0) is 31.8. The molecule has 0 spiro atoms. The Balaban J connectivity index is 1.51. The lowest BCUT2D eigenvalue weighted by molar-refractivity contribution is -0.140. The first-order chi connectivity index (χ1) is 21.7. The summed E-state index contributed by atoms with van der Waals surface area (Å²) in [7, 11) is -3.89. The van der Waals surface area contributed by atoms with Crippen molar-refractivity contribution < 1.29 is 27.5 Å². The van der Waals surface area contributed by atoms with Crippen molar-refractivity contribution in [1.82, 2.24) is 10.2 Å². The standard InChI is InChI=1S/C34H40BrN3O6S/c1-2-45(41,42)38(29-17-18-31-32(22-29)44-20-19-43-31)24-33(39)37(23-26-13-15-27(35)16-14-26)30(21-25-9-5-3-6-10-25)34(40)36-28-11-7-4-8-12-28/h3,5-6,9-10,13-18,22,28,30H,2,4,7-8,11-12,19-21,23-24H2,1H3,(H,36,40)/t30-/m0/s1. The lowest BCUT2D eigenvalue weighted by Gasteiger charge is -2.35. The van der Waals surface area contributed by atoms with Crippen molar-refractivity contribution in [3.05, 3.63) is 88.4 Å². The summed E-state index contributed by atoms with van der Waals surface area (Å²) in [5, 5.41) is 3.23. The van der Waals surface area contributed by atoms with E-state index in [0.29, 0.717) is 30.4 Å². The highest BCUT2D eigenvalue weighted by Crippen LogP contribution is 2.35. The van der Waals surface area contributed by atoms with E-state index in [-0.39, 0.29) is 30.7 Å². The Kier molecular flexibility index (Phi) is 11.0. The number of ether oxygens (including phenoxy) is 2. The number of nitrogens with one attached hydrogen (secondary N) is 1. The first-order valence-electron chi connectivity index (χ1n) is 15.5. The summed E-state index contributed by atoms with van der Waals surface area (Å²) in [6, 6.07) is 21.2. The quantitative estimate of drug-likeness (QED) is 0.269. The molecule has 0 unspecified atom stereocenters. The third kappa shape index (κ3) is 8.58. The van der Waals surface area contributed by atoms with Gasteiger partial charge in [0.15, 0.2) is 11.5 Å². The summed E-state index contributed by atoms with van der Waals surface area (Å²) in [6.45, 7) is 1.93. The summed E-state index contributed by atoms with van der Waals surface area (Å²) < 4.78 is 40.3. The zero-order valence-corrected chi connectivity index (χ0v) is 27.9. The molecule has 11 heteroatoms. The number of fused-ring (bicyclic) bond motifs is 1. The van der Waals surface area contributed by atoms with Gasteiger partial charge in [0.25, 0.3) is 0 Å². The molecule has 1 N–H and O–H groups in total. The molecular formula is C34H40BrN3O6S. The molecule has 5 rings (SSSR count). The van der Waals surface area contributed by atoms with Gasteiger partial charge in [0.1, 0.15) is 25.8 Å². The largest absolute Gasteiger partial charge is 0.486 e. The number of halogens is 1. The lowest BCUT2D eigenvalue weighted by Crippen LogP contribution is -2.55. The minimum Gasteiger partial charge on any atom is -0.486 e. The van der Waals surface area contributed by atoms with Crippen LogP contribution in [0.5, 0.6) is 11.5 Å². The van der Waals surface area contributed by atoms with Crippen molar-refractivity contribution in [3.63, 3.8) is 0 Å². The SMILES string of the molecule is CCS(=O)(=O)N(CC(=O)N(Cc1ccc(Br)cc1)[C@@H](Cc1ccccc1)C(=O)NC1CCCCC1)c1ccc2c(c1)OCCO2. The van der Waals surface area contributed by atoms with Crippen molar-refractivity contribution in [2.24, 2.45) is 0 Å². The van der Waals surface area contributed by atoms with E-state index in [9.17, 15) is 18.0 Å². The molecule has 9 nitrogen and oxygen atoms in total. The summed E-state index contributed by atoms with van der Waals surface area (Å²) in [5.41, 5.74) is 2.02. The number of anilines is 1. The molecule has 0 radical (unpaired) electrons. The molecule has 1 saturated carbocycles. The van der Waals surface area contributed by atoms with Gasteiger partial charge < -0.3 is 19.7 Å². The van der Waals surface area contributed by atoms with Crippen LogP contribution in [-0.4, -0.2) is 62.7 Å². The van der Waals surface area contributed by atoms with E-state index < -0.39 is 28.5 Å². The highest BCUT2D eigenvalue weighted by Gasteiger charge is 2.35. The van der Waals surface area contributed by atoms with Crippen LogP contribution < -0.4 is 19.1 Å². The molecule has 1 atom stereocenters. The molecule has 1 fully saturated rings. The first-order valence-corrected chi connectivity index (χ1v) is 17.9. The van der Waals surface area contributed by atoms with Gasteiger partial charge in [-0.25, -0.2) is 8.42 Å². The molecule has 45 heavy (non-hydrogen) atoms. The molecule has 1 aliphatic carbocycles. The molecule has 0 aromatic heterocycles. The number of amides is 2. The van der Waals surface area contributed by atoms with Crippen LogP contribution >= 0.6 is 15.9 Å². The average molecular weight is 699 g/mol. The summed E-state index contributed by atoms with van der Waals surface area (Å²) in [4.78, 5) is 30.1. The predicted molar refractivity (Wildman–Crippen MR) is 178 cm³/mol. The molecule has 0 saturated heterocycles. The molecular weight excluding hydrogens is 658 g/mol. The van der Waals surface area contributed by atoms with Crippen LogP contribution in [0.2, 0.25) is 0 Å². The van der Waals surface area contributed by atoms with Crippen LogP contribution in [0.15, 0.2) is 77.3 Å². The first kappa shape index (κ1) is 32.8. The molecule has 3 aromatic carbocycles. The van der Waals surface area contributed by atoms with E-state index in [4.69, 9.17) is 9.47 Å². The van der Waals surface area contributed by atoms with E-state index in [1.54, 1.807) is 25.1 Å². The monoisotopic (exact) mass is 697 g/mol. The second kappa shape index (κ2) is 15.1. The number of hydrogen-bond acceptors (Lipinski definition) is 6. The van der Waals surface area contributed by atoms with Crippen LogP contribution in [0.25, 0.3) is 0 Å². The number of carbonyl (C=O) groups is 2. The van der Waals surface area contributed by atoms with Crippen LogP contribution in [0, 0.1) is 0 Å². The van der Waals surface area contributed by atoms with Crippen LogP contribution in [0.3, 0.4) is 0 Å². The third-order valence-electron chi connectivity index (χ3n) is 8.28. The Morgan fingerprint density at radius 2 is 1.60 bits per heavy atom. The minimum atomic E-state index is -3.89. The van der Waals surface area contributed by atoms with Gasteiger partial charge in [-0.05, 0) is 55.2 Å². The van der Waals surface area contributed by atoms with Crippen molar-refractivity contribution in [1.29, 1.82) is 0 Å². The maximum atomic E-state index is 14.5. The fraction of sp³-hybridized carbons (Fsp3) is 0.412. The fourth-order valence-corrected chi connectivity index (χ4v) is 7.11. The van der Waals surface area contributed by atoms with E-state index >= 15 is 0 Å². The van der Waals surface area contributed by atoms with E-state index in [2.05, 4.69) is 21.2 Å². The van der Waals surface area contributed by atoms with Crippen LogP contribution in [0.4, 0.5) is 5.69 Å². The average Bonchev–Trinajstić information content (AvgIpc) is 3.06. The fourth-order valence-electron chi connectivity index (χ4n) is 5.79. The van der Waals surface area contributed by atoms with Gasteiger partial charge in [-0.3, -0.25) is 13.9 Å². The van der Waals surface area contributed by atoms with Gasteiger partial charge in [0.2, 0.25) is 21.8 Å². The van der Waals surface area contributed by atoms with Gasteiger partial charge in [-0.1, -0.05) is 77.7 Å². The Morgan fingerprint density at radius 1 is 0.911 bits per heavy atom. The van der Waals surface area contributed by atoms with Gasteiger partial charge in [0.05, 0.1) is 11.4 Å². The highest BCUT2D eigenvalue weighted by molar-refractivity contribution is 9.10. The molecule has 0 bridgehead atoms. The Labute approximate surface area is 274 Å². The molecule has 240 valence electrons. The van der Waals surface area contributed by atoms with Gasteiger partial charge in [0, 0.05) is 29.5 Å². The Bertz CT molecular complexity index is 1560. The van der Waals surface area contributed by atoms with Gasteiger partial charge in [-0.2, -0.15) is 0 Å².